The number of hydrogen-bond donors (Lipinski definition) is 2. The minimum absolute atomic E-state index is 0.00300. The van der Waals surface area contributed by atoms with Crippen molar-refractivity contribution in [3.05, 3.63) is 28.8 Å². The predicted octanol–water partition coefficient (Wildman–Crippen LogP) is 2.08. The van der Waals surface area contributed by atoms with Crippen molar-refractivity contribution in [1.29, 1.82) is 0 Å². The van der Waals surface area contributed by atoms with Crippen LogP contribution in [0.15, 0.2) is 12.1 Å². The minimum Gasteiger partial charge on any atom is -0.496 e. The van der Waals surface area contributed by atoms with Gasteiger partial charge < -0.3 is 15.6 Å². The number of aliphatic hydroxyl groups is 1. The van der Waals surface area contributed by atoms with Crippen LogP contribution in [0.3, 0.4) is 0 Å². The lowest BCUT2D eigenvalue weighted by Gasteiger charge is -2.17. The number of nitrogens with two attached hydrogens (primary N) is 1. The first kappa shape index (κ1) is 13.0. The Kier molecular flexibility index (Phi) is 4.77. The fraction of sp³-hybridized carbons (Fsp3) is 0.538. The first-order chi connectivity index (χ1) is 7.61. The highest BCUT2D eigenvalue weighted by atomic mass is 16.5. The zero-order valence-corrected chi connectivity index (χ0v) is 10.3. The van der Waals surface area contributed by atoms with Gasteiger partial charge in [-0.3, -0.25) is 0 Å². The second-order valence-corrected chi connectivity index (χ2v) is 4.08. The normalized spacial score (nSPS) is 12.6. The van der Waals surface area contributed by atoms with Crippen molar-refractivity contribution in [1.82, 2.24) is 0 Å². The van der Waals surface area contributed by atoms with Gasteiger partial charge in [0.2, 0.25) is 0 Å². The van der Waals surface area contributed by atoms with Crippen LogP contribution in [-0.4, -0.2) is 18.8 Å². The second-order valence-electron chi connectivity index (χ2n) is 4.08. The van der Waals surface area contributed by atoms with Crippen LogP contribution in [0.1, 0.15) is 35.6 Å². The fourth-order valence-corrected chi connectivity index (χ4v) is 1.91. The average molecular weight is 223 g/mol. The van der Waals surface area contributed by atoms with Gasteiger partial charge in [-0.05, 0) is 49.4 Å². The second kappa shape index (κ2) is 5.87. The molecular formula is C13H21NO2. The van der Waals surface area contributed by atoms with Crippen molar-refractivity contribution in [3.63, 3.8) is 0 Å². The summed E-state index contributed by atoms with van der Waals surface area (Å²) in [7, 11) is 1.67. The van der Waals surface area contributed by atoms with E-state index in [2.05, 4.69) is 6.92 Å². The molecule has 0 spiro atoms. The third-order valence-corrected chi connectivity index (χ3v) is 3.07. The van der Waals surface area contributed by atoms with Gasteiger partial charge in [-0.1, -0.05) is 6.07 Å². The van der Waals surface area contributed by atoms with Gasteiger partial charge in [-0.25, -0.2) is 0 Å². The molecule has 3 heteroatoms. The summed E-state index contributed by atoms with van der Waals surface area (Å²) in [6, 6.07) is 3.97. The van der Waals surface area contributed by atoms with E-state index < -0.39 is 0 Å². The summed E-state index contributed by atoms with van der Waals surface area (Å²) in [6.45, 7) is 4.30. The first-order valence-corrected chi connectivity index (χ1v) is 5.62. The number of methoxy groups -OCH3 is 1. The molecule has 1 aromatic rings. The molecule has 1 rings (SSSR count). The summed E-state index contributed by atoms with van der Waals surface area (Å²) in [4.78, 5) is 0. The van der Waals surface area contributed by atoms with Crippen molar-refractivity contribution >= 4 is 0 Å². The molecule has 3 N–H and O–H groups in total. The topological polar surface area (TPSA) is 55.5 Å². The largest absolute Gasteiger partial charge is 0.496 e. The zero-order valence-electron chi connectivity index (χ0n) is 10.3. The van der Waals surface area contributed by atoms with Crippen molar-refractivity contribution in [2.24, 2.45) is 5.73 Å². The number of hydrogen-bond acceptors (Lipinski definition) is 3. The molecule has 0 saturated carbocycles. The Balaban J connectivity index is 2.93. The predicted molar refractivity (Wildman–Crippen MR) is 65.7 cm³/mol. The maximum atomic E-state index is 8.79. The third-order valence-electron chi connectivity index (χ3n) is 3.07. The molecule has 0 aliphatic heterocycles. The van der Waals surface area contributed by atoms with Gasteiger partial charge in [0, 0.05) is 12.6 Å². The average Bonchev–Trinajstić information content (AvgIpc) is 2.29. The van der Waals surface area contributed by atoms with Gasteiger partial charge in [0.25, 0.3) is 0 Å². The highest BCUT2D eigenvalue weighted by Crippen LogP contribution is 2.28. The van der Waals surface area contributed by atoms with Crippen molar-refractivity contribution in [2.45, 2.75) is 32.7 Å². The van der Waals surface area contributed by atoms with Crippen molar-refractivity contribution < 1.29 is 9.84 Å². The maximum Gasteiger partial charge on any atom is 0.122 e. The standard InChI is InChI=1S/C13H21NO2/c1-9-10(2)13(16-3)7-6-11(9)12(14)5-4-8-15/h6-7,12,15H,4-5,8,14H2,1-3H3. The summed E-state index contributed by atoms with van der Waals surface area (Å²) in [5.41, 5.74) is 9.56. The molecule has 1 unspecified atom stereocenters. The fourth-order valence-electron chi connectivity index (χ4n) is 1.91. The summed E-state index contributed by atoms with van der Waals surface area (Å²) in [6.07, 6.45) is 1.55. The van der Waals surface area contributed by atoms with Crippen LogP contribution >= 0.6 is 0 Å². The van der Waals surface area contributed by atoms with Crippen LogP contribution in [-0.2, 0) is 0 Å². The number of benzene rings is 1. The first-order valence-electron chi connectivity index (χ1n) is 5.62. The third kappa shape index (κ3) is 2.74. The quantitative estimate of drug-likeness (QED) is 0.803. The molecule has 0 fully saturated rings. The van der Waals surface area contributed by atoms with E-state index in [-0.39, 0.29) is 12.6 Å². The lowest BCUT2D eigenvalue weighted by molar-refractivity contribution is 0.280. The molecule has 0 bridgehead atoms. The van der Waals surface area contributed by atoms with E-state index in [1.807, 2.05) is 19.1 Å². The van der Waals surface area contributed by atoms with Crippen molar-refractivity contribution in [3.8, 4) is 5.75 Å². The van der Waals surface area contributed by atoms with Crippen LogP contribution < -0.4 is 10.5 Å². The Bertz CT molecular complexity index is 350. The van der Waals surface area contributed by atoms with Crippen LogP contribution in [0.5, 0.6) is 5.75 Å². The van der Waals surface area contributed by atoms with E-state index in [1.54, 1.807) is 7.11 Å². The molecule has 90 valence electrons. The summed E-state index contributed by atoms with van der Waals surface area (Å²) < 4.78 is 5.26. The molecule has 0 aromatic heterocycles. The molecule has 16 heavy (non-hydrogen) atoms. The van der Waals surface area contributed by atoms with Crippen LogP contribution in [0.4, 0.5) is 0 Å². The molecule has 0 aliphatic carbocycles. The van der Waals surface area contributed by atoms with Gasteiger partial charge >= 0.3 is 0 Å². The van der Waals surface area contributed by atoms with E-state index in [9.17, 15) is 0 Å². The van der Waals surface area contributed by atoms with E-state index in [0.717, 1.165) is 29.7 Å². The molecule has 0 saturated heterocycles. The SMILES string of the molecule is COc1ccc(C(N)CCCO)c(C)c1C. The Morgan fingerprint density at radius 1 is 1.31 bits per heavy atom. The maximum absolute atomic E-state index is 8.79. The Hall–Kier alpha value is -1.06. The minimum atomic E-state index is -0.00300. The summed E-state index contributed by atoms with van der Waals surface area (Å²) >= 11 is 0. The Morgan fingerprint density at radius 3 is 2.56 bits per heavy atom. The molecule has 1 aromatic carbocycles. The van der Waals surface area contributed by atoms with E-state index in [0.29, 0.717) is 0 Å². The van der Waals surface area contributed by atoms with Crippen LogP contribution in [0.2, 0.25) is 0 Å². The smallest absolute Gasteiger partial charge is 0.122 e. The number of aliphatic hydroxyl groups excluding tert-OH is 1. The lowest BCUT2D eigenvalue weighted by atomic mass is 9.95. The van der Waals surface area contributed by atoms with Crippen molar-refractivity contribution in [2.75, 3.05) is 13.7 Å². The highest BCUT2D eigenvalue weighted by molar-refractivity contribution is 5.44. The van der Waals surface area contributed by atoms with Gasteiger partial charge in [-0.15, -0.1) is 0 Å². The molecule has 0 heterocycles. The van der Waals surface area contributed by atoms with Crippen LogP contribution in [0.25, 0.3) is 0 Å². The Morgan fingerprint density at radius 2 is 2.00 bits per heavy atom. The van der Waals surface area contributed by atoms with Gasteiger partial charge in [0.1, 0.15) is 5.75 Å². The molecule has 0 aliphatic rings. The summed E-state index contributed by atoms with van der Waals surface area (Å²) in [5.74, 6) is 0.899. The highest BCUT2D eigenvalue weighted by Gasteiger charge is 2.12. The molecule has 1 atom stereocenters. The molecule has 3 nitrogen and oxygen atoms in total. The lowest BCUT2D eigenvalue weighted by Crippen LogP contribution is -2.13. The van der Waals surface area contributed by atoms with Gasteiger partial charge in [-0.2, -0.15) is 0 Å². The number of rotatable bonds is 5. The van der Waals surface area contributed by atoms with Gasteiger partial charge in [0.15, 0.2) is 0 Å². The van der Waals surface area contributed by atoms with Crippen LogP contribution in [0, 0.1) is 13.8 Å². The molecular weight excluding hydrogens is 202 g/mol. The Labute approximate surface area is 97.2 Å². The molecule has 0 amide bonds. The number of ether oxygens (including phenoxy) is 1. The van der Waals surface area contributed by atoms with E-state index in [4.69, 9.17) is 15.6 Å². The zero-order chi connectivity index (χ0) is 12.1. The monoisotopic (exact) mass is 223 g/mol. The molecule has 0 radical (unpaired) electrons. The summed E-state index contributed by atoms with van der Waals surface area (Å²) in [5, 5.41) is 8.79. The van der Waals surface area contributed by atoms with Gasteiger partial charge in [0.05, 0.1) is 7.11 Å². The van der Waals surface area contributed by atoms with E-state index >= 15 is 0 Å². The van der Waals surface area contributed by atoms with E-state index in [1.165, 1.54) is 5.56 Å².